The number of carbonyl (C=O) groups excluding carboxylic acids is 1. The quantitative estimate of drug-likeness (QED) is 0.798. The van der Waals surface area contributed by atoms with Crippen molar-refractivity contribution in [2.24, 2.45) is 11.1 Å². The van der Waals surface area contributed by atoms with Crippen LogP contribution in [0.25, 0.3) is 0 Å². The van der Waals surface area contributed by atoms with E-state index in [1.807, 2.05) is 0 Å². The minimum Gasteiger partial charge on any atom is -0.481 e. The van der Waals surface area contributed by atoms with Gasteiger partial charge in [-0.25, -0.2) is 13.6 Å². The molecule has 1 aliphatic rings. The fourth-order valence-electron chi connectivity index (χ4n) is 2.38. The summed E-state index contributed by atoms with van der Waals surface area (Å²) in [4.78, 5) is 24.9. The first kappa shape index (κ1) is 16.9. The van der Waals surface area contributed by atoms with Gasteiger partial charge in [0.25, 0.3) is 5.91 Å². The van der Waals surface area contributed by atoms with Gasteiger partial charge in [0.15, 0.2) is 0 Å². The molecule has 0 bridgehead atoms. The first-order valence-electron chi connectivity index (χ1n) is 6.54. The Bertz CT molecular complexity index is 719. The monoisotopic (exact) mass is 390 g/mol. The Morgan fingerprint density at radius 3 is 2.64 bits per heavy atom. The van der Waals surface area contributed by atoms with Crippen molar-refractivity contribution in [2.45, 2.75) is 17.7 Å². The summed E-state index contributed by atoms with van der Waals surface area (Å²) >= 11 is 3.21. The van der Waals surface area contributed by atoms with E-state index in [0.717, 1.165) is 0 Å². The molecule has 7 nitrogen and oxygen atoms in total. The number of halogens is 1. The number of likely N-dealkylation sites (tertiary alicyclic amines) is 1. The van der Waals surface area contributed by atoms with Crippen LogP contribution >= 0.6 is 15.9 Å². The molecule has 9 heteroatoms. The smallest absolute Gasteiger partial charge is 0.308 e. The van der Waals surface area contributed by atoms with E-state index in [1.54, 1.807) is 0 Å². The number of nitrogens with zero attached hydrogens (tertiary/aromatic N) is 1. The van der Waals surface area contributed by atoms with Gasteiger partial charge in [-0.05, 0) is 47.0 Å². The van der Waals surface area contributed by atoms with Gasteiger partial charge in [0.2, 0.25) is 10.0 Å². The number of benzene rings is 1. The average molecular weight is 391 g/mol. The first-order valence-corrected chi connectivity index (χ1v) is 8.88. The van der Waals surface area contributed by atoms with Gasteiger partial charge in [-0.2, -0.15) is 0 Å². The summed E-state index contributed by atoms with van der Waals surface area (Å²) in [6, 6.07) is 3.93. The number of hydrogen-bond donors (Lipinski definition) is 2. The van der Waals surface area contributed by atoms with E-state index in [2.05, 4.69) is 15.9 Å². The highest BCUT2D eigenvalue weighted by molar-refractivity contribution is 9.10. The number of nitrogens with two attached hydrogens (primary N) is 1. The van der Waals surface area contributed by atoms with E-state index in [-0.39, 0.29) is 17.0 Å². The third-order valence-corrected chi connectivity index (χ3v) is 5.16. The number of aliphatic carboxylic acids is 1. The number of primary sulfonamides is 1. The summed E-state index contributed by atoms with van der Waals surface area (Å²) in [5, 5.41) is 14.1. The maximum atomic E-state index is 12.5. The minimum atomic E-state index is -3.92. The van der Waals surface area contributed by atoms with Crippen molar-refractivity contribution >= 4 is 37.8 Å². The van der Waals surface area contributed by atoms with Crippen LogP contribution in [0.4, 0.5) is 0 Å². The SMILES string of the molecule is NS(=O)(=O)c1ccc(Br)c(C(=O)N2CCC[C@H](C(=O)O)C2)c1. The molecule has 1 heterocycles. The normalized spacial score (nSPS) is 19.0. The van der Waals surface area contributed by atoms with Crippen molar-refractivity contribution in [3.05, 3.63) is 28.2 Å². The van der Waals surface area contributed by atoms with E-state index in [9.17, 15) is 18.0 Å². The molecule has 1 aromatic rings. The van der Waals surface area contributed by atoms with Gasteiger partial charge < -0.3 is 10.0 Å². The fourth-order valence-corrected chi connectivity index (χ4v) is 3.33. The van der Waals surface area contributed by atoms with E-state index in [0.29, 0.717) is 23.9 Å². The van der Waals surface area contributed by atoms with Gasteiger partial charge in [0.05, 0.1) is 16.4 Å². The number of piperidine rings is 1. The van der Waals surface area contributed by atoms with Crippen molar-refractivity contribution in [2.75, 3.05) is 13.1 Å². The van der Waals surface area contributed by atoms with Gasteiger partial charge >= 0.3 is 5.97 Å². The number of sulfonamides is 1. The molecule has 0 radical (unpaired) electrons. The Kier molecular flexibility index (Phi) is 4.88. The number of amides is 1. The maximum absolute atomic E-state index is 12.5. The molecule has 0 aromatic heterocycles. The Morgan fingerprint density at radius 1 is 1.36 bits per heavy atom. The van der Waals surface area contributed by atoms with Crippen LogP contribution in [-0.2, 0) is 14.8 Å². The van der Waals surface area contributed by atoms with Crippen molar-refractivity contribution in [1.29, 1.82) is 0 Å². The summed E-state index contributed by atoms with van der Waals surface area (Å²) in [5.41, 5.74) is 0.151. The second kappa shape index (κ2) is 6.35. The predicted molar refractivity (Wildman–Crippen MR) is 81.8 cm³/mol. The van der Waals surface area contributed by atoms with Crippen molar-refractivity contribution in [3.8, 4) is 0 Å². The van der Waals surface area contributed by atoms with Crippen LogP contribution in [0.2, 0.25) is 0 Å². The molecule has 1 aliphatic heterocycles. The lowest BCUT2D eigenvalue weighted by Gasteiger charge is -2.31. The maximum Gasteiger partial charge on any atom is 0.308 e. The lowest BCUT2D eigenvalue weighted by atomic mass is 9.97. The zero-order chi connectivity index (χ0) is 16.5. The van der Waals surface area contributed by atoms with E-state index in [1.165, 1.54) is 23.1 Å². The predicted octanol–water partition coefficient (Wildman–Crippen LogP) is 1.03. The second-order valence-corrected chi connectivity index (χ2v) is 7.53. The summed E-state index contributed by atoms with van der Waals surface area (Å²) in [6.07, 6.45) is 1.12. The van der Waals surface area contributed by atoms with Crippen LogP contribution < -0.4 is 5.14 Å². The van der Waals surface area contributed by atoms with Gasteiger partial charge in [-0.3, -0.25) is 9.59 Å². The molecule has 1 saturated heterocycles. The molecule has 2 rings (SSSR count). The number of rotatable bonds is 3. The Hall–Kier alpha value is -1.45. The minimum absolute atomic E-state index is 0.111. The summed E-state index contributed by atoms with van der Waals surface area (Å²) in [5.74, 6) is -1.95. The van der Waals surface area contributed by atoms with Crippen LogP contribution in [0.15, 0.2) is 27.6 Å². The molecule has 0 aliphatic carbocycles. The Labute approximate surface area is 136 Å². The lowest BCUT2D eigenvalue weighted by Crippen LogP contribution is -2.42. The molecule has 0 unspecified atom stereocenters. The Morgan fingerprint density at radius 2 is 2.05 bits per heavy atom. The molecular formula is C13H15BrN2O5S. The first-order chi connectivity index (χ1) is 10.2. The third kappa shape index (κ3) is 3.65. The lowest BCUT2D eigenvalue weighted by molar-refractivity contribution is -0.143. The zero-order valence-electron chi connectivity index (χ0n) is 11.5. The topological polar surface area (TPSA) is 118 Å². The molecule has 0 saturated carbocycles. The highest BCUT2D eigenvalue weighted by Crippen LogP contribution is 2.25. The van der Waals surface area contributed by atoms with Crippen LogP contribution in [0.3, 0.4) is 0 Å². The third-order valence-electron chi connectivity index (χ3n) is 3.55. The van der Waals surface area contributed by atoms with Gasteiger partial charge in [0.1, 0.15) is 0 Å². The molecule has 1 fully saturated rings. The summed E-state index contributed by atoms with van der Waals surface area (Å²) in [7, 11) is -3.92. The summed E-state index contributed by atoms with van der Waals surface area (Å²) < 4.78 is 23.2. The zero-order valence-corrected chi connectivity index (χ0v) is 13.9. The van der Waals surface area contributed by atoms with Crippen LogP contribution in [0.5, 0.6) is 0 Å². The molecule has 1 amide bonds. The number of hydrogen-bond acceptors (Lipinski definition) is 4. The van der Waals surface area contributed by atoms with E-state index >= 15 is 0 Å². The van der Waals surface area contributed by atoms with Gasteiger partial charge in [-0.1, -0.05) is 0 Å². The van der Waals surface area contributed by atoms with E-state index in [4.69, 9.17) is 10.2 Å². The second-order valence-electron chi connectivity index (χ2n) is 5.12. The number of carboxylic acid groups (broad SMARTS) is 1. The number of carboxylic acids is 1. The molecule has 120 valence electrons. The molecule has 22 heavy (non-hydrogen) atoms. The van der Waals surface area contributed by atoms with Crippen LogP contribution in [-0.4, -0.2) is 43.4 Å². The largest absolute Gasteiger partial charge is 0.481 e. The van der Waals surface area contributed by atoms with Gasteiger partial charge in [0, 0.05) is 17.6 Å². The van der Waals surface area contributed by atoms with Crippen molar-refractivity contribution < 1.29 is 23.1 Å². The fraction of sp³-hybridized carbons (Fsp3) is 0.385. The molecule has 0 spiro atoms. The molecule has 3 N–H and O–H groups in total. The molecule has 1 atom stereocenters. The standard InChI is InChI=1S/C13H15BrN2O5S/c14-11-4-3-9(22(15,20)21)6-10(11)12(17)16-5-1-2-8(7-16)13(18)19/h3-4,6,8H,1-2,5,7H2,(H,18,19)(H2,15,20,21)/t8-/m0/s1. The Balaban J connectivity index is 2.31. The van der Waals surface area contributed by atoms with Crippen molar-refractivity contribution in [3.63, 3.8) is 0 Å². The van der Waals surface area contributed by atoms with Crippen molar-refractivity contribution in [1.82, 2.24) is 4.90 Å². The van der Waals surface area contributed by atoms with Crippen LogP contribution in [0.1, 0.15) is 23.2 Å². The number of carbonyl (C=O) groups is 2. The van der Waals surface area contributed by atoms with Crippen LogP contribution in [0, 0.1) is 5.92 Å². The van der Waals surface area contributed by atoms with E-state index < -0.39 is 27.8 Å². The molecule has 1 aromatic carbocycles. The van der Waals surface area contributed by atoms with Gasteiger partial charge in [-0.15, -0.1) is 0 Å². The average Bonchev–Trinajstić information content (AvgIpc) is 2.46. The molecular weight excluding hydrogens is 376 g/mol. The summed E-state index contributed by atoms with van der Waals surface area (Å²) in [6.45, 7) is 0.550. The highest BCUT2D eigenvalue weighted by Gasteiger charge is 2.29. The highest BCUT2D eigenvalue weighted by atomic mass is 79.9.